The van der Waals surface area contributed by atoms with Crippen molar-refractivity contribution in [2.75, 3.05) is 38.8 Å². The van der Waals surface area contributed by atoms with E-state index < -0.39 is 9.84 Å². The highest BCUT2D eigenvalue weighted by molar-refractivity contribution is 7.90. The molecule has 1 rings (SSSR count). The molecule has 2 N–H and O–H groups in total. The smallest absolute Gasteiger partial charge is 0.191 e. The van der Waals surface area contributed by atoms with Gasteiger partial charge in [0, 0.05) is 25.9 Å². The highest BCUT2D eigenvalue weighted by Gasteiger charge is 2.10. The molecule has 1 unspecified atom stereocenters. The molecule has 7 nitrogen and oxygen atoms in total. The summed E-state index contributed by atoms with van der Waals surface area (Å²) in [6.45, 7) is 7.72. The van der Waals surface area contributed by atoms with Crippen LogP contribution < -0.4 is 20.1 Å². The van der Waals surface area contributed by atoms with Gasteiger partial charge in [0.05, 0.1) is 19.0 Å². The van der Waals surface area contributed by atoms with Gasteiger partial charge in [-0.3, -0.25) is 4.99 Å². The van der Waals surface area contributed by atoms with Crippen LogP contribution in [0.15, 0.2) is 23.2 Å². The van der Waals surface area contributed by atoms with Crippen molar-refractivity contribution in [2.45, 2.75) is 39.7 Å². The van der Waals surface area contributed by atoms with Crippen LogP contribution in [-0.4, -0.2) is 59.2 Å². The molecule has 0 bridgehead atoms. The predicted octanol–water partition coefficient (Wildman–Crippen LogP) is 2.01. The second kappa shape index (κ2) is 11.7. The quantitative estimate of drug-likeness (QED) is 0.437. The van der Waals surface area contributed by atoms with Crippen molar-refractivity contribution < 1.29 is 17.9 Å². The van der Waals surface area contributed by atoms with Crippen molar-refractivity contribution in [3.63, 3.8) is 0 Å². The minimum atomic E-state index is -2.95. The van der Waals surface area contributed by atoms with Gasteiger partial charge in [-0.25, -0.2) is 8.42 Å². The molecule has 0 radical (unpaired) electrons. The summed E-state index contributed by atoms with van der Waals surface area (Å²) in [7, 11) is -1.26. The van der Waals surface area contributed by atoms with Crippen LogP contribution in [0.5, 0.6) is 11.5 Å². The van der Waals surface area contributed by atoms with Gasteiger partial charge in [0.15, 0.2) is 17.5 Å². The third-order valence-corrected chi connectivity index (χ3v) is 4.82. The molecule has 0 fully saturated rings. The highest BCUT2D eigenvalue weighted by atomic mass is 32.2. The maximum atomic E-state index is 11.3. The van der Waals surface area contributed by atoms with Gasteiger partial charge in [-0.1, -0.05) is 6.07 Å². The molecule has 0 saturated heterocycles. The Morgan fingerprint density at radius 3 is 2.44 bits per heavy atom. The molecule has 1 atom stereocenters. The van der Waals surface area contributed by atoms with Crippen LogP contribution >= 0.6 is 0 Å². The van der Waals surface area contributed by atoms with E-state index in [-0.39, 0.29) is 11.8 Å². The van der Waals surface area contributed by atoms with Crippen molar-refractivity contribution >= 4 is 15.8 Å². The molecule has 1 aromatic carbocycles. The first kappa shape index (κ1) is 23.1. The van der Waals surface area contributed by atoms with E-state index in [1.165, 1.54) is 6.26 Å². The lowest BCUT2D eigenvalue weighted by Gasteiger charge is -2.18. The second-order valence-electron chi connectivity index (χ2n) is 6.36. The fourth-order valence-corrected chi connectivity index (χ4v) is 3.25. The highest BCUT2D eigenvalue weighted by Crippen LogP contribution is 2.28. The zero-order chi connectivity index (χ0) is 20.3. The fraction of sp³-hybridized carbons (Fsp3) is 0.632. The Bertz CT molecular complexity index is 705. The monoisotopic (exact) mass is 399 g/mol. The molecule has 1 aromatic rings. The average Bonchev–Trinajstić information content (AvgIpc) is 2.61. The summed E-state index contributed by atoms with van der Waals surface area (Å²) in [6.07, 6.45) is 2.58. The number of hydrogen-bond donors (Lipinski definition) is 2. The number of sulfone groups is 1. The Hall–Kier alpha value is -1.96. The largest absolute Gasteiger partial charge is 0.490 e. The van der Waals surface area contributed by atoms with E-state index in [1.54, 1.807) is 7.05 Å². The van der Waals surface area contributed by atoms with Gasteiger partial charge < -0.3 is 20.1 Å². The van der Waals surface area contributed by atoms with E-state index in [1.807, 2.05) is 39.0 Å². The first-order valence-electron chi connectivity index (χ1n) is 9.32. The normalized spacial score (nSPS) is 13.1. The zero-order valence-corrected chi connectivity index (χ0v) is 17.9. The van der Waals surface area contributed by atoms with Gasteiger partial charge in [0.25, 0.3) is 0 Å². The first-order valence-corrected chi connectivity index (χ1v) is 11.4. The van der Waals surface area contributed by atoms with Gasteiger partial charge in [-0.2, -0.15) is 0 Å². The SMILES string of the molecule is CCOc1ccc(CCNC(=NC)NC(C)CCS(C)(=O)=O)cc1OCC. The molecule has 0 aromatic heterocycles. The lowest BCUT2D eigenvalue weighted by atomic mass is 10.1. The maximum Gasteiger partial charge on any atom is 0.191 e. The van der Waals surface area contributed by atoms with E-state index >= 15 is 0 Å². The van der Waals surface area contributed by atoms with Crippen LogP contribution in [0.2, 0.25) is 0 Å². The lowest BCUT2D eigenvalue weighted by molar-refractivity contribution is 0.287. The molecule has 0 aliphatic heterocycles. The molecule has 0 aliphatic rings. The average molecular weight is 400 g/mol. The van der Waals surface area contributed by atoms with E-state index in [2.05, 4.69) is 15.6 Å². The standard InChI is InChI=1S/C19H33N3O4S/c1-6-25-17-9-8-16(14-18(17)26-7-2)10-12-21-19(20-4)22-15(3)11-13-27(5,23)24/h8-9,14-15H,6-7,10-13H2,1-5H3,(H2,20,21,22). The predicted molar refractivity (Wildman–Crippen MR) is 111 cm³/mol. The molecule has 0 aliphatic carbocycles. The van der Waals surface area contributed by atoms with Crippen LogP contribution in [0.4, 0.5) is 0 Å². The molecule has 154 valence electrons. The Kier molecular flexibility index (Phi) is 9.99. The number of nitrogens with zero attached hydrogens (tertiary/aromatic N) is 1. The van der Waals surface area contributed by atoms with Crippen LogP contribution in [0.1, 0.15) is 32.8 Å². The maximum absolute atomic E-state index is 11.3. The number of benzene rings is 1. The number of rotatable bonds is 11. The minimum Gasteiger partial charge on any atom is -0.490 e. The number of ether oxygens (including phenoxy) is 2. The van der Waals surface area contributed by atoms with Gasteiger partial charge in [0.2, 0.25) is 0 Å². The summed E-state index contributed by atoms with van der Waals surface area (Å²) in [4.78, 5) is 4.19. The van der Waals surface area contributed by atoms with Crippen molar-refractivity contribution in [1.82, 2.24) is 10.6 Å². The summed E-state index contributed by atoms with van der Waals surface area (Å²) in [5, 5.41) is 6.47. The molecule has 0 heterocycles. The van der Waals surface area contributed by atoms with Crippen LogP contribution in [-0.2, 0) is 16.3 Å². The molecular formula is C19H33N3O4S. The van der Waals surface area contributed by atoms with E-state index in [0.717, 1.165) is 23.5 Å². The van der Waals surface area contributed by atoms with E-state index in [4.69, 9.17) is 9.47 Å². The third kappa shape index (κ3) is 9.51. The van der Waals surface area contributed by atoms with Crippen molar-refractivity contribution in [1.29, 1.82) is 0 Å². The Morgan fingerprint density at radius 1 is 1.19 bits per heavy atom. The Balaban J connectivity index is 2.53. The summed E-state index contributed by atoms with van der Waals surface area (Å²) in [5.41, 5.74) is 1.13. The first-order chi connectivity index (χ1) is 12.8. The molecule has 8 heteroatoms. The van der Waals surface area contributed by atoms with Gasteiger partial charge in [0.1, 0.15) is 9.84 Å². The van der Waals surface area contributed by atoms with Crippen LogP contribution in [0.3, 0.4) is 0 Å². The molecule has 0 spiro atoms. The van der Waals surface area contributed by atoms with Crippen LogP contribution in [0.25, 0.3) is 0 Å². The summed E-state index contributed by atoms with van der Waals surface area (Å²) < 4.78 is 33.8. The lowest BCUT2D eigenvalue weighted by Crippen LogP contribution is -2.43. The number of nitrogens with one attached hydrogen (secondary N) is 2. The van der Waals surface area contributed by atoms with Crippen molar-refractivity contribution in [3.05, 3.63) is 23.8 Å². The van der Waals surface area contributed by atoms with E-state index in [0.29, 0.717) is 32.1 Å². The summed E-state index contributed by atoms with van der Waals surface area (Å²) >= 11 is 0. The van der Waals surface area contributed by atoms with E-state index in [9.17, 15) is 8.42 Å². The Labute approximate surface area is 163 Å². The molecular weight excluding hydrogens is 366 g/mol. The van der Waals surface area contributed by atoms with Gasteiger partial charge >= 0.3 is 0 Å². The van der Waals surface area contributed by atoms with Crippen LogP contribution in [0, 0.1) is 0 Å². The number of hydrogen-bond acceptors (Lipinski definition) is 5. The topological polar surface area (TPSA) is 89.0 Å². The molecule has 0 amide bonds. The van der Waals surface area contributed by atoms with Gasteiger partial charge in [-0.05, 0) is 51.3 Å². The number of aliphatic imine (C=N–C) groups is 1. The van der Waals surface area contributed by atoms with Gasteiger partial charge in [-0.15, -0.1) is 0 Å². The molecule has 27 heavy (non-hydrogen) atoms. The Morgan fingerprint density at radius 2 is 1.85 bits per heavy atom. The molecule has 0 saturated carbocycles. The number of guanidine groups is 1. The fourth-order valence-electron chi connectivity index (χ4n) is 2.47. The summed E-state index contributed by atoms with van der Waals surface area (Å²) in [5.74, 6) is 2.33. The van der Waals surface area contributed by atoms with Crippen molar-refractivity contribution in [2.24, 2.45) is 4.99 Å². The minimum absolute atomic E-state index is 0.0148. The second-order valence-corrected chi connectivity index (χ2v) is 8.62. The third-order valence-electron chi connectivity index (χ3n) is 3.84. The van der Waals surface area contributed by atoms with Crippen molar-refractivity contribution in [3.8, 4) is 11.5 Å². The summed E-state index contributed by atoms with van der Waals surface area (Å²) in [6, 6.07) is 5.98. The zero-order valence-electron chi connectivity index (χ0n) is 17.0.